The van der Waals surface area contributed by atoms with Crippen molar-refractivity contribution in [3.05, 3.63) is 70.2 Å². The molecule has 1 saturated carbocycles. The number of aliphatic hydroxyl groups excluding tert-OH is 2. The number of Topliss-reactive ketones (excluding diaryl/α,β-unsaturated/α-hetero) is 2. The number of hydrogen-bond donors (Lipinski definition) is 8. The van der Waals surface area contributed by atoms with E-state index >= 15 is 4.39 Å². The molecule has 3 aliphatic carbocycles. The summed E-state index contributed by atoms with van der Waals surface area (Å²) in [4.78, 5) is 50.5. The Morgan fingerprint density at radius 2 is 1.80 bits per heavy atom. The highest BCUT2D eigenvalue weighted by Crippen LogP contribution is 2.52. The maximum Gasteiger partial charge on any atom is 0.255 e. The van der Waals surface area contributed by atoms with E-state index in [1.165, 1.54) is 0 Å². The number of fused-ring (bicyclic) bond motifs is 3. The Bertz CT molecular complexity index is 1550. The number of nitrogens with one attached hydrogen (secondary N) is 2. The Morgan fingerprint density at radius 3 is 2.45 bits per heavy atom. The maximum absolute atomic E-state index is 15.3. The van der Waals surface area contributed by atoms with Gasteiger partial charge in [-0.1, -0.05) is 18.2 Å². The number of phenolic OH excluding ortho intramolecular Hbond substituents is 1. The first-order valence-corrected chi connectivity index (χ1v) is 12.2. The monoisotopic (exact) mass is 552 g/mol. The number of carbonyl (C=O) groups is 4. The summed E-state index contributed by atoms with van der Waals surface area (Å²) in [7, 11) is 0. The lowest BCUT2D eigenvalue weighted by Crippen LogP contribution is -2.65. The Kier molecular flexibility index (Phi) is 6.35. The summed E-state index contributed by atoms with van der Waals surface area (Å²) >= 11 is 0. The quantitative estimate of drug-likeness (QED) is 0.190. The average Bonchev–Trinajstić information content (AvgIpc) is 2.91. The minimum absolute atomic E-state index is 0.171. The zero-order valence-corrected chi connectivity index (χ0v) is 20.8. The number of aliphatic hydroxyl groups is 3. The highest BCUT2D eigenvalue weighted by Gasteiger charge is 2.63. The van der Waals surface area contributed by atoms with E-state index in [9.17, 15) is 39.6 Å². The van der Waals surface area contributed by atoms with Crippen LogP contribution in [0.4, 0.5) is 15.8 Å². The second-order valence-electron chi connectivity index (χ2n) is 9.95. The Hall–Kier alpha value is -4.75. The number of primary amides is 1. The van der Waals surface area contributed by atoms with Crippen molar-refractivity contribution < 1.29 is 44.0 Å². The van der Waals surface area contributed by atoms with E-state index in [0.29, 0.717) is 5.69 Å². The molecule has 13 heteroatoms. The summed E-state index contributed by atoms with van der Waals surface area (Å²) in [5.74, 6) is -10.6. The number of rotatable bonds is 5. The zero-order chi connectivity index (χ0) is 29.1. The predicted octanol–water partition coefficient (Wildman–Crippen LogP) is 0.551. The van der Waals surface area contributed by atoms with Crippen molar-refractivity contribution in [1.82, 2.24) is 0 Å². The number of para-hydroxylation sites is 1. The number of amides is 2. The number of hydrogen-bond acceptors (Lipinski definition) is 10. The number of halogens is 1. The van der Waals surface area contributed by atoms with E-state index in [1.807, 2.05) is 0 Å². The molecule has 1 fully saturated rings. The van der Waals surface area contributed by atoms with Gasteiger partial charge in [-0.05, 0) is 30.9 Å². The third-order valence-electron chi connectivity index (χ3n) is 7.70. The molecule has 12 nitrogen and oxygen atoms in total. The number of phenols is 1. The van der Waals surface area contributed by atoms with Gasteiger partial charge in [0, 0.05) is 28.8 Å². The van der Waals surface area contributed by atoms with Crippen molar-refractivity contribution in [3.63, 3.8) is 0 Å². The summed E-state index contributed by atoms with van der Waals surface area (Å²) in [5.41, 5.74) is 6.35. The van der Waals surface area contributed by atoms with Crippen molar-refractivity contribution in [1.29, 1.82) is 0 Å². The van der Waals surface area contributed by atoms with Gasteiger partial charge in [-0.2, -0.15) is 0 Å². The van der Waals surface area contributed by atoms with Gasteiger partial charge in [-0.3, -0.25) is 19.2 Å². The van der Waals surface area contributed by atoms with Crippen LogP contribution in [-0.4, -0.2) is 62.0 Å². The predicted molar refractivity (Wildman–Crippen MR) is 138 cm³/mol. The van der Waals surface area contributed by atoms with E-state index in [1.54, 1.807) is 30.3 Å². The van der Waals surface area contributed by atoms with Crippen molar-refractivity contribution >= 4 is 40.5 Å². The molecule has 2 aromatic rings. The van der Waals surface area contributed by atoms with E-state index in [-0.39, 0.29) is 30.6 Å². The first-order valence-electron chi connectivity index (χ1n) is 12.2. The van der Waals surface area contributed by atoms with Gasteiger partial charge in [0.1, 0.15) is 22.9 Å². The molecule has 4 atom stereocenters. The molecule has 0 aromatic heterocycles. The average molecular weight is 553 g/mol. The van der Waals surface area contributed by atoms with Gasteiger partial charge in [0.2, 0.25) is 11.7 Å². The largest absolute Gasteiger partial charge is 0.508 e. The van der Waals surface area contributed by atoms with Gasteiger partial charge >= 0.3 is 0 Å². The van der Waals surface area contributed by atoms with Crippen molar-refractivity contribution in [2.75, 3.05) is 17.2 Å². The van der Waals surface area contributed by atoms with Gasteiger partial charge in [0.25, 0.3) is 5.91 Å². The van der Waals surface area contributed by atoms with Gasteiger partial charge in [0.15, 0.2) is 17.1 Å². The smallest absolute Gasteiger partial charge is 0.255 e. The number of aromatic hydroxyl groups is 1. The van der Waals surface area contributed by atoms with Crippen molar-refractivity contribution in [2.45, 2.75) is 24.5 Å². The first kappa shape index (κ1) is 26.8. The second kappa shape index (κ2) is 9.47. The lowest BCUT2D eigenvalue weighted by atomic mass is 9.58. The third kappa shape index (κ3) is 3.89. The van der Waals surface area contributed by atoms with E-state index in [2.05, 4.69) is 10.6 Å². The van der Waals surface area contributed by atoms with E-state index < -0.39 is 86.7 Å². The van der Waals surface area contributed by atoms with Gasteiger partial charge in [-0.15, -0.1) is 0 Å². The topological polar surface area (TPSA) is 225 Å². The molecule has 40 heavy (non-hydrogen) atoms. The molecule has 5 rings (SSSR count). The summed E-state index contributed by atoms with van der Waals surface area (Å²) in [6.07, 6.45) is -0.502. The van der Waals surface area contributed by atoms with Crippen LogP contribution in [0.3, 0.4) is 0 Å². The SMILES string of the molecule is NC(=O)C1=C(O)[C@@]2(O)C(=O)C3=C(O)c4c(O)c(NC(=O)CNc5ccccc5)cc(F)c4C[C@H]3C[C@H]2[C@H](N)C1=O. The molecule has 208 valence electrons. The molecule has 2 aromatic carbocycles. The molecule has 2 amide bonds. The second-order valence-corrected chi connectivity index (χ2v) is 9.95. The minimum Gasteiger partial charge on any atom is -0.508 e. The molecule has 3 aliphatic rings. The van der Waals surface area contributed by atoms with Crippen LogP contribution in [0.1, 0.15) is 17.5 Å². The summed E-state index contributed by atoms with van der Waals surface area (Å²) < 4.78 is 15.3. The summed E-state index contributed by atoms with van der Waals surface area (Å²) in [5, 5.41) is 49.3. The van der Waals surface area contributed by atoms with Crippen LogP contribution in [0, 0.1) is 17.7 Å². The fraction of sp³-hybridized carbons (Fsp3) is 0.259. The number of carbonyl (C=O) groups excluding carboxylic acids is 4. The van der Waals surface area contributed by atoms with Crippen LogP contribution >= 0.6 is 0 Å². The Morgan fingerprint density at radius 1 is 1.12 bits per heavy atom. The molecular weight excluding hydrogens is 527 g/mol. The minimum atomic E-state index is -2.88. The first-order chi connectivity index (χ1) is 18.9. The summed E-state index contributed by atoms with van der Waals surface area (Å²) in [6.45, 7) is -0.239. The van der Waals surface area contributed by atoms with Crippen LogP contribution in [-0.2, 0) is 25.6 Å². The molecular formula is C27H25FN4O8. The highest BCUT2D eigenvalue weighted by atomic mass is 19.1. The molecule has 0 spiro atoms. The van der Waals surface area contributed by atoms with E-state index in [0.717, 1.165) is 6.07 Å². The normalized spacial score (nSPS) is 25.6. The summed E-state index contributed by atoms with van der Waals surface area (Å²) in [6, 6.07) is 8.01. The number of ketones is 2. The van der Waals surface area contributed by atoms with E-state index in [4.69, 9.17) is 11.5 Å². The lowest BCUT2D eigenvalue weighted by Gasteiger charge is -2.48. The molecule has 0 heterocycles. The lowest BCUT2D eigenvalue weighted by molar-refractivity contribution is -0.149. The molecule has 0 saturated heterocycles. The standard InChI is InChI=1S/C27H25FN4O8/c28-14-8-15(32-16(33)9-31-11-4-2-1-3-5-11)21(34)18-12(14)6-10-7-13-20(29)23(36)19(26(30)39)25(38)27(13,40)24(37)17(10)22(18)35/h1-5,8,10,13,20,31,34-35,38,40H,6-7,9,29H2,(H2,30,39)(H,32,33)/t10-,13-,20-,27-/m0/s1. The number of benzene rings is 2. The fourth-order valence-electron chi connectivity index (χ4n) is 5.77. The molecule has 0 aliphatic heterocycles. The Balaban J connectivity index is 1.53. The van der Waals surface area contributed by atoms with Crippen LogP contribution in [0.5, 0.6) is 5.75 Å². The molecule has 0 bridgehead atoms. The molecule has 0 unspecified atom stereocenters. The van der Waals surface area contributed by atoms with Crippen LogP contribution in [0.15, 0.2) is 53.3 Å². The Labute approximate surface area is 225 Å². The van der Waals surface area contributed by atoms with Gasteiger partial charge in [-0.25, -0.2) is 4.39 Å². The van der Waals surface area contributed by atoms with Gasteiger partial charge < -0.3 is 42.5 Å². The van der Waals surface area contributed by atoms with Gasteiger partial charge in [0.05, 0.1) is 23.8 Å². The third-order valence-corrected chi connectivity index (χ3v) is 7.70. The maximum atomic E-state index is 15.3. The molecule has 10 N–H and O–H groups in total. The molecule has 0 radical (unpaired) electrons. The van der Waals surface area contributed by atoms with Crippen molar-refractivity contribution in [3.8, 4) is 5.75 Å². The number of anilines is 2. The van der Waals surface area contributed by atoms with Crippen LogP contribution < -0.4 is 22.1 Å². The fourth-order valence-corrected chi connectivity index (χ4v) is 5.77. The highest BCUT2D eigenvalue weighted by molar-refractivity contribution is 6.24. The zero-order valence-electron chi connectivity index (χ0n) is 20.8. The van der Waals surface area contributed by atoms with Crippen LogP contribution in [0.25, 0.3) is 5.76 Å². The van der Waals surface area contributed by atoms with Crippen LogP contribution in [0.2, 0.25) is 0 Å². The number of nitrogens with two attached hydrogens (primary N) is 2. The van der Waals surface area contributed by atoms with Crippen molar-refractivity contribution in [2.24, 2.45) is 23.3 Å².